The molecule has 0 atom stereocenters. The van der Waals surface area contributed by atoms with Crippen LogP contribution in [0.1, 0.15) is 83.5 Å². The molecule has 0 aromatic rings. The van der Waals surface area contributed by atoms with Crippen molar-refractivity contribution in [1.82, 2.24) is 0 Å². The van der Waals surface area contributed by atoms with Gasteiger partial charge in [0.1, 0.15) is 0 Å². The van der Waals surface area contributed by atoms with Crippen LogP contribution in [0.4, 0.5) is 0 Å². The minimum atomic E-state index is -0.496. The Morgan fingerprint density at radius 3 is 1.79 bits per heavy atom. The Hall–Kier alpha value is -0.340. The molecule has 0 amide bonds. The van der Waals surface area contributed by atoms with Crippen LogP contribution in [0.5, 0.6) is 0 Å². The van der Waals surface area contributed by atoms with Gasteiger partial charge in [0.15, 0.2) is 0 Å². The fourth-order valence-corrected chi connectivity index (χ4v) is 3.81. The van der Waals surface area contributed by atoms with Gasteiger partial charge in [-0.15, -0.1) is 0 Å². The van der Waals surface area contributed by atoms with Crippen LogP contribution in [0.15, 0.2) is 12.2 Å². The Morgan fingerprint density at radius 1 is 0.789 bits per heavy atom. The maximum atomic E-state index is 10.5. The van der Waals surface area contributed by atoms with Crippen molar-refractivity contribution in [2.75, 3.05) is 0 Å². The second-order valence-electron chi connectivity index (χ2n) is 7.00. The van der Waals surface area contributed by atoms with Crippen LogP contribution in [0.3, 0.4) is 0 Å². The normalized spacial score (nSPS) is 26.0. The number of hydrogen-bond acceptors (Lipinski definition) is 2. The van der Waals surface area contributed by atoms with Crippen molar-refractivity contribution < 1.29 is 10.2 Å². The van der Waals surface area contributed by atoms with Crippen LogP contribution in [0, 0.1) is 0 Å². The summed E-state index contributed by atoms with van der Waals surface area (Å²) in [6.07, 6.45) is 13.3. The number of rotatable bonds is 5. The molecular formula is C17H30O2. The van der Waals surface area contributed by atoms with Crippen LogP contribution in [0.2, 0.25) is 0 Å². The Labute approximate surface area is 117 Å². The van der Waals surface area contributed by atoms with E-state index in [4.69, 9.17) is 0 Å². The molecule has 0 aromatic carbocycles. The molecule has 2 heteroatoms. The summed E-state index contributed by atoms with van der Waals surface area (Å²) in [6, 6.07) is 0. The molecule has 0 saturated heterocycles. The molecule has 2 fully saturated rings. The van der Waals surface area contributed by atoms with Crippen molar-refractivity contribution in [2.45, 2.75) is 94.7 Å². The molecule has 0 unspecified atom stereocenters. The molecule has 2 rings (SSSR count). The van der Waals surface area contributed by atoms with Crippen molar-refractivity contribution in [1.29, 1.82) is 0 Å². The van der Waals surface area contributed by atoms with E-state index in [1.807, 2.05) is 0 Å². The first kappa shape index (κ1) is 15.1. The largest absolute Gasteiger partial charge is 0.390 e. The Balaban J connectivity index is 1.74. The second-order valence-corrected chi connectivity index (χ2v) is 7.00. The first-order valence-corrected chi connectivity index (χ1v) is 8.13. The van der Waals surface area contributed by atoms with Crippen LogP contribution in [-0.4, -0.2) is 21.4 Å². The lowest BCUT2D eigenvalue weighted by Gasteiger charge is -2.35. The molecule has 2 aliphatic carbocycles. The summed E-state index contributed by atoms with van der Waals surface area (Å²) < 4.78 is 0. The minimum Gasteiger partial charge on any atom is -0.390 e. The topological polar surface area (TPSA) is 40.5 Å². The van der Waals surface area contributed by atoms with E-state index in [-0.39, 0.29) is 0 Å². The van der Waals surface area contributed by atoms with E-state index in [1.165, 1.54) is 12.8 Å². The van der Waals surface area contributed by atoms with Crippen molar-refractivity contribution in [3.63, 3.8) is 0 Å². The second kappa shape index (κ2) is 6.41. The summed E-state index contributed by atoms with van der Waals surface area (Å²) in [4.78, 5) is 0. The van der Waals surface area contributed by atoms with E-state index >= 15 is 0 Å². The van der Waals surface area contributed by atoms with Crippen molar-refractivity contribution in [3.8, 4) is 0 Å². The van der Waals surface area contributed by atoms with E-state index in [0.717, 1.165) is 76.2 Å². The highest BCUT2D eigenvalue weighted by Gasteiger charge is 2.32. The van der Waals surface area contributed by atoms with Gasteiger partial charge in [0.25, 0.3) is 0 Å². The zero-order chi connectivity index (χ0) is 13.8. The van der Waals surface area contributed by atoms with Gasteiger partial charge < -0.3 is 10.2 Å². The van der Waals surface area contributed by atoms with Gasteiger partial charge in [-0.25, -0.2) is 0 Å². The molecule has 0 radical (unpaired) electrons. The van der Waals surface area contributed by atoms with E-state index in [2.05, 4.69) is 6.58 Å². The maximum Gasteiger partial charge on any atom is 0.0684 e. The standard InChI is InChI=1S/C17H30O2/c1-15(14-17(19)11-6-3-7-12-17)8-13-16(18)9-4-2-5-10-16/h18-19H,1-14H2. The van der Waals surface area contributed by atoms with Gasteiger partial charge in [0.2, 0.25) is 0 Å². The quantitative estimate of drug-likeness (QED) is 0.735. The lowest BCUT2D eigenvalue weighted by atomic mass is 9.77. The van der Waals surface area contributed by atoms with Crippen LogP contribution < -0.4 is 0 Å². The lowest BCUT2D eigenvalue weighted by molar-refractivity contribution is -0.00928. The highest BCUT2D eigenvalue weighted by atomic mass is 16.3. The predicted octanol–water partition coefficient (Wildman–Crippen LogP) is 4.10. The third kappa shape index (κ3) is 4.61. The SMILES string of the molecule is C=C(CCC1(O)CCCCC1)CC1(O)CCCCC1. The zero-order valence-electron chi connectivity index (χ0n) is 12.3. The van der Waals surface area contributed by atoms with Crippen molar-refractivity contribution in [3.05, 3.63) is 12.2 Å². The molecule has 0 bridgehead atoms. The first-order valence-electron chi connectivity index (χ1n) is 8.13. The summed E-state index contributed by atoms with van der Waals surface area (Å²) in [5.41, 5.74) is 0.185. The molecule has 0 heterocycles. The smallest absolute Gasteiger partial charge is 0.0684 e. The molecule has 19 heavy (non-hydrogen) atoms. The molecule has 0 spiro atoms. The first-order chi connectivity index (χ1) is 9.02. The molecular weight excluding hydrogens is 236 g/mol. The zero-order valence-corrected chi connectivity index (χ0v) is 12.3. The van der Waals surface area contributed by atoms with Gasteiger partial charge in [-0.3, -0.25) is 0 Å². The lowest BCUT2D eigenvalue weighted by Crippen LogP contribution is -2.33. The highest BCUT2D eigenvalue weighted by molar-refractivity contribution is 5.03. The summed E-state index contributed by atoms with van der Waals surface area (Å²) in [7, 11) is 0. The Bertz CT molecular complexity index is 296. The Morgan fingerprint density at radius 2 is 1.26 bits per heavy atom. The summed E-state index contributed by atoms with van der Waals surface area (Å²) in [5.74, 6) is 0. The van der Waals surface area contributed by atoms with E-state index in [0.29, 0.717) is 0 Å². The van der Waals surface area contributed by atoms with Gasteiger partial charge in [0.05, 0.1) is 11.2 Å². The van der Waals surface area contributed by atoms with E-state index in [1.54, 1.807) is 0 Å². The van der Waals surface area contributed by atoms with E-state index < -0.39 is 11.2 Å². The molecule has 0 aromatic heterocycles. The molecule has 2 nitrogen and oxygen atoms in total. The predicted molar refractivity (Wildman–Crippen MR) is 79.1 cm³/mol. The third-order valence-corrected chi connectivity index (χ3v) is 5.09. The monoisotopic (exact) mass is 266 g/mol. The van der Waals surface area contributed by atoms with Gasteiger partial charge >= 0.3 is 0 Å². The van der Waals surface area contributed by atoms with Gasteiger partial charge in [-0.05, 0) is 44.9 Å². The summed E-state index contributed by atoms with van der Waals surface area (Å²) in [6.45, 7) is 4.14. The van der Waals surface area contributed by atoms with E-state index in [9.17, 15) is 10.2 Å². The fourth-order valence-electron chi connectivity index (χ4n) is 3.81. The van der Waals surface area contributed by atoms with Crippen molar-refractivity contribution in [2.24, 2.45) is 0 Å². The van der Waals surface area contributed by atoms with Gasteiger partial charge in [0, 0.05) is 0 Å². The van der Waals surface area contributed by atoms with Crippen molar-refractivity contribution >= 4 is 0 Å². The minimum absolute atomic E-state index is 0.448. The number of aliphatic hydroxyl groups is 2. The maximum absolute atomic E-state index is 10.5. The average Bonchev–Trinajstić information content (AvgIpc) is 2.38. The summed E-state index contributed by atoms with van der Waals surface area (Å²) in [5, 5.41) is 21.0. The average molecular weight is 266 g/mol. The molecule has 2 saturated carbocycles. The molecule has 2 aliphatic rings. The fraction of sp³-hybridized carbons (Fsp3) is 0.882. The highest BCUT2D eigenvalue weighted by Crippen LogP contribution is 2.36. The molecule has 0 aliphatic heterocycles. The number of hydrogen-bond donors (Lipinski definition) is 2. The molecule has 2 N–H and O–H groups in total. The van der Waals surface area contributed by atoms with Crippen LogP contribution in [-0.2, 0) is 0 Å². The van der Waals surface area contributed by atoms with Crippen LogP contribution in [0.25, 0.3) is 0 Å². The third-order valence-electron chi connectivity index (χ3n) is 5.09. The van der Waals surface area contributed by atoms with Gasteiger partial charge in [-0.2, -0.15) is 0 Å². The van der Waals surface area contributed by atoms with Crippen LogP contribution >= 0.6 is 0 Å². The summed E-state index contributed by atoms with van der Waals surface area (Å²) >= 11 is 0. The molecule has 110 valence electrons. The Kier molecular flexibility index (Phi) is 5.08. The van der Waals surface area contributed by atoms with Gasteiger partial charge in [-0.1, -0.05) is 50.7 Å².